The lowest BCUT2D eigenvalue weighted by Gasteiger charge is -2.13. The van der Waals surface area contributed by atoms with Gasteiger partial charge in [-0.15, -0.1) is 0 Å². The fourth-order valence-electron chi connectivity index (χ4n) is 2.41. The number of rotatable bonds is 4. The van der Waals surface area contributed by atoms with Gasteiger partial charge in [-0.1, -0.05) is 6.07 Å². The van der Waals surface area contributed by atoms with Crippen molar-refractivity contribution in [1.82, 2.24) is 0 Å². The maximum Gasteiger partial charge on any atom is 0.416 e. The summed E-state index contributed by atoms with van der Waals surface area (Å²) in [6.45, 7) is 0. The minimum absolute atomic E-state index is 0.242. The Morgan fingerprint density at radius 1 is 0.862 bits per heavy atom. The van der Waals surface area contributed by atoms with Crippen LogP contribution >= 0.6 is 0 Å². The Morgan fingerprint density at radius 3 is 2.24 bits per heavy atom. The summed E-state index contributed by atoms with van der Waals surface area (Å²) in [4.78, 5) is 12.4. The van der Waals surface area contributed by atoms with Crippen LogP contribution in [0.5, 0.6) is 11.5 Å². The summed E-state index contributed by atoms with van der Waals surface area (Å²) in [5.74, 6) is -4.25. The van der Waals surface area contributed by atoms with Crippen molar-refractivity contribution in [3.05, 3.63) is 89.2 Å². The highest BCUT2D eigenvalue weighted by Gasteiger charge is 2.30. The number of hydrogen-bond donors (Lipinski definition) is 1. The number of amides is 1. The highest BCUT2D eigenvalue weighted by atomic mass is 19.4. The van der Waals surface area contributed by atoms with Gasteiger partial charge in [0, 0.05) is 6.07 Å². The molecule has 0 aromatic heterocycles. The first-order valence-electron chi connectivity index (χ1n) is 8.04. The van der Waals surface area contributed by atoms with Crippen LogP contribution < -0.4 is 10.1 Å². The first-order chi connectivity index (χ1) is 13.6. The molecule has 3 rings (SSSR count). The SMILES string of the molecule is O=C(Nc1ccc(F)cc1F)c1cc(F)ccc1Oc1cccc(C(F)(F)F)c1. The average molecular weight is 411 g/mol. The molecule has 0 unspecified atom stereocenters. The van der Waals surface area contributed by atoms with Crippen molar-refractivity contribution in [3.8, 4) is 11.5 Å². The van der Waals surface area contributed by atoms with Crippen LogP contribution in [0.3, 0.4) is 0 Å². The number of halogens is 6. The van der Waals surface area contributed by atoms with E-state index in [1.165, 1.54) is 6.07 Å². The predicted molar refractivity (Wildman–Crippen MR) is 92.2 cm³/mol. The van der Waals surface area contributed by atoms with Gasteiger partial charge in [-0.2, -0.15) is 13.2 Å². The van der Waals surface area contributed by atoms with E-state index < -0.39 is 40.7 Å². The van der Waals surface area contributed by atoms with Crippen LogP contribution in [0, 0.1) is 17.5 Å². The molecule has 0 heterocycles. The smallest absolute Gasteiger partial charge is 0.416 e. The number of alkyl halides is 3. The molecule has 0 saturated heterocycles. The topological polar surface area (TPSA) is 38.3 Å². The maximum atomic E-state index is 13.7. The summed E-state index contributed by atoms with van der Waals surface area (Å²) in [6.07, 6.45) is -4.61. The molecule has 9 heteroatoms. The number of nitrogens with one attached hydrogen (secondary N) is 1. The fourth-order valence-corrected chi connectivity index (χ4v) is 2.41. The highest BCUT2D eigenvalue weighted by Crippen LogP contribution is 2.34. The maximum absolute atomic E-state index is 13.7. The van der Waals surface area contributed by atoms with Crippen molar-refractivity contribution >= 4 is 11.6 Å². The summed E-state index contributed by atoms with van der Waals surface area (Å²) < 4.78 is 84.2. The van der Waals surface area contributed by atoms with Gasteiger partial charge in [0.2, 0.25) is 0 Å². The van der Waals surface area contributed by atoms with Crippen molar-refractivity contribution < 1.29 is 35.9 Å². The van der Waals surface area contributed by atoms with E-state index >= 15 is 0 Å². The van der Waals surface area contributed by atoms with Gasteiger partial charge >= 0.3 is 6.18 Å². The lowest BCUT2D eigenvalue weighted by molar-refractivity contribution is -0.137. The minimum atomic E-state index is -4.61. The van der Waals surface area contributed by atoms with Crippen LogP contribution in [0.2, 0.25) is 0 Å². The third kappa shape index (κ3) is 4.87. The molecule has 3 aromatic rings. The number of anilines is 1. The van der Waals surface area contributed by atoms with Gasteiger partial charge in [0.05, 0.1) is 16.8 Å². The number of hydrogen-bond acceptors (Lipinski definition) is 2. The number of ether oxygens (including phenoxy) is 1. The molecule has 1 amide bonds. The molecule has 3 aromatic carbocycles. The van der Waals surface area contributed by atoms with Crippen molar-refractivity contribution in [2.45, 2.75) is 6.18 Å². The van der Waals surface area contributed by atoms with E-state index in [9.17, 15) is 31.1 Å². The van der Waals surface area contributed by atoms with Crippen molar-refractivity contribution in [3.63, 3.8) is 0 Å². The van der Waals surface area contributed by atoms with Crippen LogP contribution in [0.4, 0.5) is 32.0 Å². The Morgan fingerprint density at radius 2 is 1.55 bits per heavy atom. The van der Waals surface area contributed by atoms with E-state index in [1.54, 1.807) is 0 Å². The summed E-state index contributed by atoms with van der Waals surface area (Å²) in [5, 5.41) is 2.14. The van der Waals surface area contributed by atoms with Gasteiger partial charge in [0.1, 0.15) is 29.0 Å². The monoisotopic (exact) mass is 411 g/mol. The molecule has 0 atom stereocenters. The van der Waals surface area contributed by atoms with Crippen LogP contribution in [-0.4, -0.2) is 5.91 Å². The van der Waals surface area contributed by atoms with E-state index in [0.717, 1.165) is 42.5 Å². The summed E-state index contributed by atoms with van der Waals surface area (Å²) in [7, 11) is 0. The van der Waals surface area contributed by atoms with Crippen LogP contribution in [0.25, 0.3) is 0 Å². The minimum Gasteiger partial charge on any atom is -0.457 e. The standard InChI is InChI=1S/C20H11F6NO2/c21-12-5-7-18(29-14-3-1-2-11(8-14)20(24,25)26)15(9-12)19(28)27-17-6-4-13(22)10-16(17)23/h1-10H,(H,27,28). The molecule has 3 nitrogen and oxygen atoms in total. The lowest BCUT2D eigenvalue weighted by atomic mass is 10.1. The molecule has 0 spiro atoms. The van der Waals surface area contributed by atoms with Gasteiger partial charge in [0.25, 0.3) is 5.91 Å². The Bertz CT molecular complexity index is 1070. The van der Waals surface area contributed by atoms with Crippen molar-refractivity contribution in [1.29, 1.82) is 0 Å². The Hall–Kier alpha value is -3.49. The van der Waals surface area contributed by atoms with E-state index in [0.29, 0.717) is 12.1 Å². The summed E-state index contributed by atoms with van der Waals surface area (Å²) >= 11 is 0. The Labute approximate surface area is 160 Å². The van der Waals surface area contributed by atoms with Crippen LogP contribution in [0.15, 0.2) is 60.7 Å². The quantitative estimate of drug-likeness (QED) is 0.522. The molecule has 0 radical (unpaired) electrons. The first kappa shape index (κ1) is 20.2. The largest absolute Gasteiger partial charge is 0.457 e. The van der Waals surface area contributed by atoms with E-state index in [-0.39, 0.29) is 17.2 Å². The van der Waals surface area contributed by atoms with E-state index in [4.69, 9.17) is 4.74 Å². The van der Waals surface area contributed by atoms with Gasteiger partial charge < -0.3 is 10.1 Å². The average Bonchev–Trinajstić information content (AvgIpc) is 2.65. The fraction of sp³-hybridized carbons (Fsp3) is 0.0500. The first-order valence-corrected chi connectivity index (χ1v) is 8.04. The van der Waals surface area contributed by atoms with Gasteiger partial charge in [-0.25, -0.2) is 13.2 Å². The Kier molecular flexibility index (Phi) is 5.49. The number of carbonyl (C=O) groups is 1. The second-order valence-corrected chi connectivity index (χ2v) is 5.85. The lowest BCUT2D eigenvalue weighted by Crippen LogP contribution is -2.14. The Balaban J connectivity index is 1.91. The molecule has 0 aliphatic heterocycles. The number of benzene rings is 3. The zero-order valence-electron chi connectivity index (χ0n) is 14.4. The normalized spacial score (nSPS) is 11.2. The zero-order valence-corrected chi connectivity index (χ0v) is 14.4. The number of carbonyl (C=O) groups excluding carboxylic acids is 1. The molecule has 0 saturated carbocycles. The molecular formula is C20H11F6NO2. The van der Waals surface area contributed by atoms with Crippen LogP contribution in [0.1, 0.15) is 15.9 Å². The molecule has 29 heavy (non-hydrogen) atoms. The second kappa shape index (κ2) is 7.86. The highest BCUT2D eigenvalue weighted by molar-refractivity contribution is 6.06. The van der Waals surface area contributed by atoms with Crippen molar-refractivity contribution in [2.75, 3.05) is 5.32 Å². The molecule has 0 aliphatic carbocycles. The second-order valence-electron chi connectivity index (χ2n) is 5.85. The molecular weight excluding hydrogens is 400 g/mol. The third-order valence-electron chi connectivity index (χ3n) is 3.75. The third-order valence-corrected chi connectivity index (χ3v) is 3.75. The van der Waals surface area contributed by atoms with Gasteiger partial charge in [0.15, 0.2) is 0 Å². The van der Waals surface area contributed by atoms with E-state index in [2.05, 4.69) is 5.32 Å². The van der Waals surface area contributed by atoms with Crippen molar-refractivity contribution in [2.24, 2.45) is 0 Å². The summed E-state index contributed by atoms with van der Waals surface area (Å²) in [5.41, 5.74) is -1.74. The van der Waals surface area contributed by atoms with Crippen LogP contribution in [-0.2, 0) is 6.18 Å². The molecule has 150 valence electrons. The van der Waals surface area contributed by atoms with Gasteiger partial charge in [-0.05, 0) is 48.5 Å². The molecule has 0 fully saturated rings. The molecule has 1 N–H and O–H groups in total. The molecule has 0 bridgehead atoms. The van der Waals surface area contributed by atoms with E-state index in [1.807, 2.05) is 0 Å². The molecule has 0 aliphatic rings. The summed E-state index contributed by atoms with van der Waals surface area (Å²) in [6, 6.07) is 9.06. The zero-order chi connectivity index (χ0) is 21.2. The predicted octanol–water partition coefficient (Wildman–Crippen LogP) is 6.17. The van der Waals surface area contributed by atoms with Gasteiger partial charge in [-0.3, -0.25) is 4.79 Å².